The number of aromatic nitrogens is 1. The number of hydrogen-bond donors (Lipinski definition) is 0. The maximum atomic E-state index is 14.3. The molecule has 0 radical (unpaired) electrons. The molecule has 0 bridgehead atoms. The minimum atomic E-state index is -0.393. The molecule has 1 saturated heterocycles. The molecule has 1 fully saturated rings. The summed E-state index contributed by atoms with van der Waals surface area (Å²) < 4.78 is 41.4. The van der Waals surface area contributed by atoms with Crippen molar-refractivity contribution < 1.29 is 18.3 Å². The van der Waals surface area contributed by atoms with E-state index in [-0.39, 0.29) is 17.5 Å². The van der Waals surface area contributed by atoms with Crippen LogP contribution in [0.2, 0.25) is 0 Å². The van der Waals surface area contributed by atoms with Crippen molar-refractivity contribution in [3.63, 3.8) is 0 Å². The smallest absolute Gasteiger partial charge is 0.165 e. The van der Waals surface area contributed by atoms with E-state index in [0.29, 0.717) is 19.8 Å². The lowest BCUT2D eigenvalue weighted by atomic mass is 9.89. The molecule has 1 aromatic heterocycles. The minimum Gasteiger partial charge on any atom is -0.494 e. The Kier molecular flexibility index (Phi) is 5.18. The Hall–Kier alpha value is -3.51. The molecule has 0 spiro atoms. The quantitative estimate of drug-likeness (QED) is 0.354. The van der Waals surface area contributed by atoms with Crippen molar-refractivity contribution in [2.75, 3.05) is 20.3 Å². The number of fused-ring (bicyclic) bond motifs is 2. The van der Waals surface area contributed by atoms with Crippen molar-refractivity contribution in [2.24, 2.45) is 4.99 Å². The summed E-state index contributed by atoms with van der Waals surface area (Å²) in [4.78, 5) is 4.45. The molecule has 6 rings (SSSR count). The number of hydrogen-bond acceptors (Lipinski definition) is 3. The van der Waals surface area contributed by atoms with E-state index in [1.165, 1.54) is 25.3 Å². The van der Waals surface area contributed by atoms with Gasteiger partial charge in [0, 0.05) is 47.7 Å². The van der Waals surface area contributed by atoms with Crippen LogP contribution in [0.15, 0.2) is 59.6 Å². The van der Waals surface area contributed by atoms with Crippen LogP contribution < -0.4 is 4.74 Å². The van der Waals surface area contributed by atoms with Gasteiger partial charge in [0.1, 0.15) is 5.82 Å². The van der Waals surface area contributed by atoms with Gasteiger partial charge in [-0.3, -0.25) is 4.99 Å². The third-order valence-electron chi connectivity index (χ3n) is 6.89. The molecule has 0 saturated carbocycles. The standard InChI is InChI=1S/C28H24F2N2O2/c1-33-26-14-18(2-7-24(26)30)27-23-12-19-15-31-16-20(19)13-25(23)32(22-5-3-21(29)4-6-22)28(27)17-8-10-34-11-9-17/h2-7,12-14,16-17H,8-11,15H2,1H3. The highest BCUT2D eigenvalue weighted by Crippen LogP contribution is 2.45. The van der Waals surface area contributed by atoms with Crippen molar-refractivity contribution >= 4 is 17.1 Å². The van der Waals surface area contributed by atoms with Gasteiger partial charge >= 0.3 is 0 Å². The van der Waals surface area contributed by atoms with Crippen LogP contribution in [0.25, 0.3) is 27.7 Å². The van der Waals surface area contributed by atoms with Crippen molar-refractivity contribution in [1.82, 2.24) is 4.57 Å². The molecule has 4 aromatic rings. The molecule has 0 aliphatic carbocycles. The molecule has 0 N–H and O–H groups in total. The Morgan fingerprint density at radius 3 is 2.56 bits per heavy atom. The largest absolute Gasteiger partial charge is 0.494 e. The Bertz CT molecular complexity index is 1420. The van der Waals surface area contributed by atoms with Gasteiger partial charge in [0.25, 0.3) is 0 Å². The van der Waals surface area contributed by atoms with Gasteiger partial charge < -0.3 is 14.0 Å². The van der Waals surface area contributed by atoms with Crippen molar-refractivity contribution in [3.05, 3.63) is 83.1 Å². The van der Waals surface area contributed by atoms with Crippen molar-refractivity contribution in [3.8, 4) is 22.6 Å². The van der Waals surface area contributed by atoms with Crippen LogP contribution in [-0.2, 0) is 11.3 Å². The SMILES string of the molecule is COc1cc(-c2c(C3CCOCC3)n(-c3ccc(F)cc3)c3cc4c(cc23)CN=C4)ccc1F. The van der Waals surface area contributed by atoms with Crippen LogP contribution in [-0.4, -0.2) is 31.1 Å². The molecular formula is C28H24F2N2O2. The fourth-order valence-corrected chi connectivity index (χ4v) is 5.26. The maximum Gasteiger partial charge on any atom is 0.165 e. The molecular weight excluding hydrogens is 434 g/mol. The third kappa shape index (κ3) is 3.41. The molecule has 34 heavy (non-hydrogen) atoms. The van der Waals surface area contributed by atoms with E-state index in [9.17, 15) is 8.78 Å². The molecule has 2 aliphatic rings. The van der Waals surface area contributed by atoms with Crippen LogP contribution in [0.1, 0.15) is 35.6 Å². The van der Waals surface area contributed by atoms with Crippen molar-refractivity contribution in [2.45, 2.75) is 25.3 Å². The number of benzene rings is 3. The molecule has 4 nitrogen and oxygen atoms in total. The summed E-state index contributed by atoms with van der Waals surface area (Å²) in [5.41, 5.74) is 7.26. The number of nitrogens with zero attached hydrogens (tertiary/aromatic N) is 2. The highest BCUT2D eigenvalue weighted by Gasteiger charge is 2.29. The van der Waals surface area contributed by atoms with E-state index < -0.39 is 5.82 Å². The van der Waals surface area contributed by atoms with Crippen LogP contribution >= 0.6 is 0 Å². The summed E-state index contributed by atoms with van der Waals surface area (Å²) in [6.45, 7) is 2.02. The summed E-state index contributed by atoms with van der Waals surface area (Å²) in [7, 11) is 1.48. The van der Waals surface area contributed by atoms with Gasteiger partial charge in [-0.05, 0) is 78.1 Å². The number of aliphatic imine (C=N–C) groups is 1. The summed E-state index contributed by atoms with van der Waals surface area (Å²) >= 11 is 0. The molecule has 3 heterocycles. The maximum absolute atomic E-state index is 14.3. The van der Waals surface area contributed by atoms with E-state index in [0.717, 1.165) is 57.4 Å². The third-order valence-corrected chi connectivity index (χ3v) is 6.89. The van der Waals surface area contributed by atoms with Crippen molar-refractivity contribution in [1.29, 1.82) is 0 Å². The van der Waals surface area contributed by atoms with Gasteiger partial charge in [-0.2, -0.15) is 0 Å². The topological polar surface area (TPSA) is 35.8 Å². The van der Waals surface area contributed by atoms with E-state index in [4.69, 9.17) is 9.47 Å². The van der Waals surface area contributed by atoms with E-state index in [1.807, 2.05) is 24.4 Å². The van der Waals surface area contributed by atoms with Crippen LogP contribution in [0.3, 0.4) is 0 Å². The highest BCUT2D eigenvalue weighted by atomic mass is 19.1. The first-order chi connectivity index (χ1) is 16.6. The van der Waals surface area contributed by atoms with Crippen LogP contribution in [0.4, 0.5) is 8.78 Å². The fourth-order valence-electron chi connectivity index (χ4n) is 5.26. The van der Waals surface area contributed by atoms with Gasteiger partial charge in [-0.15, -0.1) is 0 Å². The zero-order valence-electron chi connectivity index (χ0n) is 18.9. The van der Waals surface area contributed by atoms with Gasteiger partial charge in [-0.25, -0.2) is 8.78 Å². The molecule has 0 atom stereocenters. The van der Waals surface area contributed by atoms with E-state index in [1.54, 1.807) is 6.07 Å². The highest BCUT2D eigenvalue weighted by molar-refractivity contribution is 6.03. The lowest BCUT2D eigenvalue weighted by Crippen LogP contribution is -2.17. The molecule has 3 aromatic carbocycles. The Morgan fingerprint density at radius 2 is 1.79 bits per heavy atom. The second kappa shape index (κ2) is 8.37. The lowest BCUT2D eigenvalue weighted by molar-refractivity contribution is 0.0843. The first-order valence-corrected chi connectivity index (χ1v) is 11.5. The fraction of sp³-hybridized carbons (Fsp3) is 0.250. The molecule has 0 unspecified atom stereocenters. The first-order valence-electron chi connectivity index (χ1n) is 11.5. The minimum absolute atomic E-state index is 0.211. The Labute approximate surface area is 196 Å². The Balaban J connectivity index is 1.72. The number of ether oxygens (including phenoxy) is 2. The van der Waals surface area contributed by atoms with Gasteiger partial charge in [-0.1, -0.05) is 6.07 Å². The van der Waals surface area contributed by atoms with Crippen LogP contribution in [0.5, 0.6) is 5.75 Å². The predicted octanol–water partition coefficient (Wildman–Crippen LogP) is 6.41. The number of rotatable bonds is 4. The Morgan fingerprint density at radius 1 is 1.00 bits per heavy atom. The van der Waals surface area contributed by atoms with Gasteiger partial charge in [0.15, 0.2) is 11.6 Å². The molecule has 2 aliphatic heterocycles. The second-order valence-corrected chi connectivity index (χ2v) is 8.85. The zero-order chi connectivity index (χ0) is 23.2. The summed E-state index contributed by atoms with van der Waals surface area (Å²) in [5.74, 6) is -0.219. The zero-order valence-corrected chi connectivity index (χ0v) is 18.9. The lowest BCUT2D eigenvalue weighted by Gasteiger charge is -2.26. The second-order valence-electron chi connectivity index (χ2n) is 8.85. The van der Waals surface area contributed by atoms with Gasteiger partial charge in [0.05, 0.1) is 19.2 Å². The summed E-state index contributed by atoms with van der Waals surface area (Å²) in [6, 6.07) is 16.0. The summed E-state index contributed by atoms with van der Waals surface area (Å²) in [6.07, 6.45) is 3.67. The normalized spacial score (nSPS) is 15.7. The van der Waals surface area contributed by atoms with Crippen LogP contribution in [0, 0.1) is 11.6 Å². The van der Waals surface area contributed by atoms with Gasteiger partial charge in [0.2, 0.25) is 0 Å². The van der Waals surface area contributed by atoms with E-state index in [2.05, 4.69) is 21.7 Å². The average Bonchev–Trinajstić information content (AvgIpc) is 3.46. The predicted molar refractivity (Wildman–Crippen MR) is 129 cm³/mol. The number of methoxy groups -OCH3 is 1. The molecule has 6 heteroatoms. The monoisotopic (exact) mass is 458 g/mol. The molecule has 172 valence electrons. The number of halogens is 2. The average molecular weight is 459 g/mol. The summed E-state index contributed by atoms with van der Waals surface area (Å²) in [5, 5.41) is 1.07. The molecule has 0 amide bonds. The first kappa shape index (κ1) is 21.1. The van der Waals surface area contributed by atoms with E-state index >= 15 is 0 Å².